The summed E-state index contributed by atoms with van der Waals surface area (Å²) in [6.45, 7) is 0. The van der Waals surface area contributed by atoms with Crippen LogP contribution in [0.5, 0.6) is 0 Å². The van der Waals surface area contributed by atoms with E-state index in [1.54, 1.807) is 0 Å². The van der Waals surface area contributed by atoms with Crippen LogP contribution in [0.1, 0.15) is 5.56 Å². The molecule has 0 radical (unpaired) electrons. The molecule has 0 saturated heterocycles. The monoisotopic (exact) mass is 247 g/mol. The molecule has 0 unspecified atom stereocenters. The highest BCUT2D eigenvalue weighted by Gasteiger charge is 2.30. The summed E-state index contributed by atoms with van der Waals surface area (Å²) in [7, 11) is 0. The van der Waals surface area contributed by atoms with Crippen molar-refractivity contribution in [2.75, 3.05) is 0 Å². The van der Waals surface area contributed by atoms with Crippen molar-refractivity contribution >= 4 is 22.5 Å². The molecule has 2 rings (SSSR count). The molecule has 2 nitrogen and oxygen atoms in total. The van der Waals surface area contributed by atoms with Crippen LogP contribution in [-0.4, -0.2) is 4.98 Å². The number of hydrogen-bond donors (Lipinski definition) is 1. The third-order valence-corrected chi connectivity index (χ3v) is 2.43. The number of benzene rings is 1. The molecule has 1 aromatic heterocycles. The van der Waals surface area contributed by atoms with Gasteiger partial charge in [-0.15, -0.1) is 0 Å². The second-order valence-corrected chi connectivity index (χ2v) is 3.65. The van der Waals surface area contributed by atoms with E-state index in [2.05, 4.69) is 4.98 Å². The van der Waals surface area contributed by atoms with E-state index in [4.69, 9.17) is 11.6 Å². The quantitative estimate of drug-likeness (QED) is 0.762. The Bertz CT molecular complexity index is 603. The SMILES string of the molecule is O=c1cc(Cl)c2ccc(C(F)(F)F)cc2[nH]1. The van der Waals surface area contributed by atoms with Gasteiger partial charge in [-0.1, -0.05) is 17.7 Å². The van der Waals surface area contributed by atoms with E-state index in [1.165, 1.54) is 6.07 Å². The van der Waals surface area contributed by atoms with E-state index in [1.807, 2.05) is 0 Å². The molecule has 0 aliphatic rings. The molecule has 0 aliphatic carbocycles. The van der Waals surface area contributed by atoms with E-state index >= 15 is 0 Å². The smallest absolute Gasteiger partial charge is 0.322 e. The maximum atomic E-state index is 12.4. The summed E-state index contributed by atoms with van der Waals surface area (Å²) < 4.78 is 37.2. The fourth-order valence-electron chi connectivity index (χ4n) is 1.39. The Hall–Kier alpha value is -1.49. The largest absolute Gasteiger partial charge is 0.416 e. The number of rotatable bonds is 0. The molecular weight excluding hydrogens is 243 g/mol. The van der Waals surface area contributed by atoms with Gasteiger partial charge in [-0.05, 0) is 12.1 Å². The van der Waals surface area contributed by atoms with Crippen LogP contribution in [-0.2, 0) is 6.18 Å². The molecule has 2 aromatic rings. The first-order valence-electron chi connectivity index (χ1n) is 4.28. The molecular formula is C10H5ClF3NO. The van der Waals surface area contributed by atoms with Crippen LogP contribution in [0.3, 0.4) is 0 Å². The van der Waals surface area contributed by atoms with Crippen LogP contribution in [0.2, 0.25) is 5.02 Å². The molecule has 1 heterocycles. The number of pyridine rings is 1. The van der Waals surface area contributed by atoms with Crippen molar-refractivity contribution in [2.24, 2.45) is 0 Å². The van der Waals surface area contributed by atoms with E-state index in [9.17, 15) is 18.0 Å². The Morgan fingerprint density at radius 2 is 1.88 bits per heavy atom. The van der Waals surface area contributed by atoms with Crippen LogP contribution in [0.25, 0.3) is 10.9 Å². The molecule has 0 amide bonds. The highest BCUT2D eigenvalue weighted by Crippen LogP contribution is 2.31. The van der Waals surface area contributed by atoms with Gasteiger partial charge >= 0.3 is 6.18 Å². The van der Waals surface area contributed by atoms with Crippen LogP contribution < -0.4 is 5.56 Å². The van der Waals surface area contributed by atoms with Crippen LogP contribution >= 0.6 is 11.6 Å². The normalized spacial score (nSPS) is 12.0. The van der Waals surface area contributed by atoms with Crippen molar-refractivity contribution in [3.05, 3.63) is 45.2 Å². The van der Waals surface area contributed by atoms with Crippen molar-refractivity contribution in [1.82, 2.24) is 4.98 Å². The lowest BCUT2D eigenvalue weighted by molar-refractivity contribution is -0.137. The van der Waals surface area contributed by atoms with Gasteiger partial charge in [0.25, 0.3) is 0 Å². The van der Waals surface area contributed by atoms with Crippen molar-refractivity contribution in [3.63, 3.8) is 0 Å². The zero-order valence-electron chi connectivity index (χ0n) is 7.73. The summed E-state index contributed by atoms with van der Waals surface area (Å²) in [6, 6.07) is 4.14. The molecule has 0 spiro atoms. The summed E-state index contributed by atoms with van der Waals surface area (Å²) in [5.41, 5.74) is -1.28. The fourth-order valence-corrected chi connectivity index (χ4v) is 1.66. The van der Waals surface area contributed by atoms with Gasteiger partial charge in [-0.2, -0.15) is 13.2 Å². The lowest BCUT2D eigenvalue weighted by atomic mass is 10.1. The molecule has 6 heteroatoms. The molecule has 1 aromatic carbocycles. The van der Waals surface area contributed by atoms with Gasteiger partial charge in [0.05, 0.1) is 16.1 Å². The van der Waals surface area contributed by atoms with Gasteiger partial charge in [0.1, 0.15) is 0 Å². The summed E-state index contributed by atoms with van der Waals surface area (Å²) >= 11 is 5.73. The Kier molecular flexibility index (Phi) is 2.42. The minimum absolute atomic E-state index is 0.0762. The van der Waals surface area contributed by atoms with Gasteiger partial charge in [0.15, 0.2) is 0 Å². The Balaban J connectivity index is 2.76. The highest BCUT2D eigenvalue weighted by molar-refractivity contribution is 6.35. The minimum Gasteiger partial charge on any atom is -0.322 e. The third-order valence-electron chi connectivity index (χ3n) is 2.12. The zero-order chi connectivity index (χ0) is 11.9. The predicted octanol–water partition coefficient (Wildman–Crippen LogP) is 3.20. The average Bonchev–Trinajstić information content (AvgIpc) is 2.15. The average molecular weight is 248 g/mol. The molecule has 0 bridgehead atoms. The zero-order valence-corrected chi connectivity index (χ0v) is 8.49. The maximum absolute atomic E-state index is 12.4. The number of hydrogen-bond acceptors (Lipinski definition) is 1. The van der Waals surface area contributed by atoms with Crippen LogP contribution in [0.4, 0.5) is 13.2 Å². The van der Waals surface area contributed by atoms with Crippen molar-refractivity contribution < 1.29 is 13.2 Å². The Morgan fingerprint density at radius 3 is 2.50 bits per heavy atom. The predicted molar refractivity (Wildman–Crippen MR) is 54.6 cm³/mol. The lowest BCUT2D eigenvalue weighted by Gasteiger charge is -2.07. The van der Waals surface area contributed by atoms with Crippen LogP contribution in [0.15, 0.2) is 29.1 Å². The standard InChI is InChI=1S/C10H5ClF3NO/c11-7-4-9(16)15-8-3-5(10(12,13)14)1-2-6(7)8/h1-4H,(H,15,16). The number of aromatic nitrogens is 1. The summed E-state index contributed by atoms with van der Waals surface area (Å²) in [6.07, 6.45) is -4.44. The van der Waals surface area contributed by atoms with Crippen molar-refractivity contribution in [2.45, 2.75) is 6.18 Å². The van der Waals surface area contributed by atoms with E-state index < -0.39 is 17.3 Å². The summed E-state index contributed by atoms with van der Waals surface area (Å²) in [5.74, 6) is 0. The van der Waals surface area contributed by atoms with Gasteiger partial charge in [-0.3, -0.25) is 4.79 Å². The topological polar surface area (TPSA) is 32.9 Å². The lowest BCUT2D eigenvalue weighted by Crippen LogP contribution is -2.07. The first kappa shape index (κ1) is 11.0. The molecule has 0 fully saturated rings. The molecule has 1 N–H and O–H groups in total. The van der Waals surface area contributed by atoms with Crippen molar-refractivity contribution in [3.8, 4) is 0 Å². The second-order valence-electron chi connectivity index (χ2n) is 3.24. The third kappa shape index (κ3) is 1.90. The van der Waals surface area contributed by atoms with Gasteiger partial charge in [-0.25, -0.2) is 0 Å². The van der Waals surface area contributed by atoms with Gasteiger partial charge in [0.2, 0.25) is 5.56 Å². The molecule has 0 saturated carbocycles. The minimum atomic E-state index is -4.44. The molecule has 16 heavy (non-hydrogen) atoms. The fraction of sp³-hybridized carbons (Fsp3) is 0.100. The van der Waals surface area contributed by atoms with Gasteiger partial charge < -0.3 is 4.98 Å². The molecule has 0 atom stereocenters. The maximum Gasteiger partial charge on any atom is 0.416 e. The second kappa shape index (κ2) is 3.52. The first-order valence-corrected chi connectivity index (χ1v) is 4.65. The molecule has 0 aliphatic heterocycles. The summed E-state index contributed by atoms with van der Waals surface area (Å²) in [4.78, 5) is 13.3. The van der Waals surface area contributed by atoms with Gasteiger partial charge in [0, 0.05) is 11.5 Å². The number of H-pyrrole nitrogens is 1. The number of alkyl halides is 3. The van der Waals surface area contributed by atoms with E-state index in [0.29, 0.717) is 5.39 Å². The summed E-state index contributed by atoms with van der Waals surface area (Å²) in [5, 5.41) is 0.516. The van der Waals surface area contributed by atoms with Crippen molar-refractivity contribution in [1.29, 1.82) is 0 Å². The molecule has 84 valence electrons. The highest BCUT2D eigenvalue weighted by atomic mass is 35.5. The van der Waals surface area contributed by atoms with E-state index in [0.717, 1.165) is 18.2 Å². The van der Waals surface area contributed by atoms with Crippen LogP contribution in [0, 0.1) is 0 Å². The number of nitrogens with one attached hydrogen (secondary N) is 1. The van der Waals surface area contributed by atoms with E-state index in [-0.39, 0.29) is 10.5 Å². The Labute approximate surface area is 92.7 Å². The Morgan fingerprint density at radius 1 is 1.19 bits per heavy atom. The number of halogens is 4. The number of fused-ring (bicyclic) bond motifs is 1. The number of aromatic amines is 1. The first-order chi connectivity index (χ1) is 7.38.